The second kappa shape index (κ2) is 3.19. The number of hydrogen-bond donors (Lipinski definition) is 2. The van der Waals surface area contributed by atoms with Crippen LogP contribution in [0.15, 0.2) is 18.3 Å². The van der Waals surface area contributed by atoms with Crippen LogP contribution < -0.4 is 11.5 Å². The van der Waals surface area contributed by atoms with Gasteiger partial charge < -0.3 is 11.5 Å². The Labute approximate surface area is 90.6 Å². The fourth-order valence-electron chi connectivity index (χ4n) is 1.28. The molecule has 0 aliphatic carbocycles. The highest BCUT2D eigenvalue weighted by atomic mass is 35.5. The first-order valence-electron chi connectivity index (χ1n) is 3.88. The van der Waals surface area contributed by atoms with Gasteiger partial charge in [0.15, 0.2) is 0 Å². The zero-order chi connectivity index (χ0) is 10.3. The molecule has 3 nitrogen and oxygen atoms in total. The summed E-state index contributed by atoms with van der Waals surface area (Å²) in [6, 6.07) is 3.31. The maximum Gasteiger partial charge on any atom is 0.0754 e. The van der Waals surface area contributed by atoms with Gasteiger partial charge in [-0.2, -0.15) is 0 Å². The van der Waals surface area contributed by atoms with Gasteiger partial charge in [-0.05, 0) is 12.1 Å². The van der Waals surface area contributed by atoms with E-state index in [1.165, 1.54) is 6.20 Å². The molecule has 2 rings (SSSR count). The van der Waals surface area contributed by atoms with Crippen LogP contribution in [0.5, 0.6) is 0 Å². The summed E-state index contributed by atoms with van der Waals surface area (Å²) < 4.78 is 0. The second-order valence-corrected chi connectivity index (χ2v) is 3.75. The van der Waals surface area contributed by atoms with Gasteiger partial charge in [0, 0.05) is 10.4 Å². The van der Waals surface area contributed by atoms with E-state index in [9.17, 15) is 0 Å². The van der Waals surface area contributed by atoms with Crippen LogP contribution in [0.2, 0.25) is 10.0 Å². The van der Waals surface area contributed by atoms with Crippen LogP contribution in [-0.4, -0.2) is 4.98 Å². The van der Waals surface area contributed by atoms with E-state index in [1.807, 2.05) is 0 Å². The largest absolute Gasteiger partial charge is 0.396 e. The van der Waals surface area contributed by atoms with E-state index < -0.39 is 0 Å². The number of anilines is 2. The van der Waals surface area contributed by atoms with E-state index in [0.717, 1.165) is 0 Å². The number of aromatic nitrogens is 1. The topological polar surface area (TPSA) is 64.9 Å². The number of nitrogen functional groups attached to an aromatic ring is 2. The molecule has 0 atom stereocenters. The van der Waals surface area contributed by atoms with Gasteiger partial charge in [0.2, 0.25) is 0 Å². The molecular weight excluding hydrogens is 221 g/mol. The third-order valence-electron chi connectivity index (χ3n) is 1.96. The molecule has 0 saturated carbocycles. The lowest BCUT2D eigenvalue weighted by molar-refractivity contribution is 1.41. The number of nitrogens with zero attached hydrogens (tertiary/aromatic N) is 1. The minimum atomic E-state index is 0.418. The van der Waals surface area contributed by atoms with Crippen molar-refractivity contribution in [2.75, 3.05) is 11.5 Å². The molecule has 1 aromatic heterocycles. The summed E-state index contributed by atoms with van der Waals surface area (Å²) in [5.41, 5.74) is 12.9. The van der Waals surface area contributed by atoms with Crippen molar-refractivity contribution in [2.45, 2.75) is 0 Å². The van der Waals surface area contributed by atoms with Gasteiger partial charge in [-0.15, -0.1) is 0 Å². The Morgan fingerprint density at radius 2 is 1.86 bits per heavy atom. The maximum atomic E-state index is 5.98. The quantitative estimate of drug-likeness (QED) is 0.728. The van der Waals surface area contributed by atoms with Crippen molar-refractivity contribution in [1.82, 2.24) is 4.98 Å². The maximum absolute atomic E-state index is 5.98. The van der Waals surface area contributed by atoms with E-state index in [2.05, 4.69) is 4.98 Å². The van der Waals surface area contributed by atoms with Crippen molar-refractivity contribution in [3.63, 3.8) is 0 Å². The van der Waals surface area contributed by atoms with Crippen LogP contribution in [0.1, 0.15) is 0 Å². The Hall–Kier alpha value is -1.19. The lowest BCUT2D eigenvalue weighted by Gasteiger charge is -2.06. The van der Waals surface area contributed by atoms with E-state index in [1.54, 1.807) is 12.1 Å². The number of rotatable bonds is 0. The van der Waals surface area contributed by atoms with Crippen molar-refractivity contribution < 1.29 is 0 Å². The van der Waals surface area contributed by atoms with Crippen LogP contribution in [0.3, 0.4) is 0 Å². The SMILES string of the molecule is Nc1cnc2cc(Cl)cc(Cl)c2c1N. The number of halogens is 2. The van der Waals surface area contributed by atoms with E-state index >= 15 is 0 Å². The zero-order valence-corrected chi connectivity index (χ0v) is 8.60. The molecule has 0 bridgehead atoms. The number of benzene rings is 1. The molecule has 0 unspecified atom stereocenters. The Bertz CT molecular complexity index is 511. The molecule has 4 N–H and O–H groups in total. The molecule has 72 valence electrons. The highest BCUT2D eigenvalue weighted by Gasteiger charge is 2.08. The lowest BCUT2D eigenvalue weighted by atomic mass is 10.2. The first-order chi connectivity index (χ1) is 6.59. The second-order valence-electron chi connectivity index (χ2n) is 2.91. The predicted molar refractivity (Wildman–Crippen MR) is 60.6 cm³/mol. The van der Waals surface area contributed by atoms with Crippen LogP contribution in [-0.2, 0) is 0 Å². The van der Waals surface area contributed by atoms with Gasteiger partial charge in [-0.3, -0.25) is 4.98 Å². The van der Waals surface area contributed by atoms with Crippen molar-refractivity contribution in [2.24, 2.45) is 0 Å². The van der Waals surface area contributed by atoms with E-state index in [-0.39, 0.29) is 0 Å². The fraction of sp³-hybridized carbons (Fsp3) is 0. The van der Waals surface area contributed by atoms with Gasteiger partial charge in [0.25, 0.3) is 0 Å². The molecular formula is C9H7Cl2N3. The number of pyridine rings is 1. The Morgan fingerprint density at radius 3 is 2.57 bits per heavy atom. The summed E-state index contributed by atoms with van der Waals surface area (Å²) >= 11 is 11.8. The summed E-state index contributed by atoms with van der Waals surface area (Å²) in [6.07, 6.45) is 1.49. The molecule has 0 radical (unpaired) electrons. The van der Waals surface area contributed by atoms with Crippen LogP contribution in [0.4, 0.5) is 11.4 Å². The smallest absolute Gasteiger partial charge is 0.0754 e. The molecule has 1 aromatic carbocycles. The molecule has 0 aliphatic heterocycles. The van der Waals surface area contributed by atoms with Gasteiger partial charge >= 0.3 is 0 Å². The van der Waals surface area contributed by atoms with Crippen LogP contribution in [0.25, 0.3) is 10.9 Å². The van der Waals surface area contributed by atoms with Crippen molar-refractivity contribution in [1.29, 1.82) is 0 Å². The van der Waals surface area contributed by atoms with E-state index in [0.29, 0.717) is 32.3 Å². The van der Waals surface area contributed by atoms with Crippen molar-refractivity contribution >= 4 is 45.5 Å². The first-order valence-corrected chi connectivity index (χ1v) is 4.64. The van der Waals surface area contributed by atoms with Crippen LogP contribution in [0, 0.1) is 0 Å². The third kappa shape index (κ3) is 1.35. The third-order valence-corrected chi connectivity index (χ3v) is 2.47. The lowest BCUT2D eigenvalue weighted by Crippen LogP contribution is -1.97. The van der Waals surface area contributed by atoms with E-state index in [4.69, 9.17) is 34.7 Å². The number of nitrogens with two attached hydrogens (primary N) is 2. The normalized spacial score (nSPS) is 10.7. The Morgan fingerprint density at radius 1 is 1.14 bits per heavy atom. The standard InChI is InChI=1S/C9H7Cl2N3/c10-4-1-5(11)8-7(2-4)14-3-6(12)9(8)13/h1-3H,12H2,(H2,13,14). The summed E-state index contributed by atoms with van der Waals surface area (Å²) in [4.78, 5) is 4.09. The van der Waals surface area contributed by atoms with Gasteiger partial charge in [0.1, 0.15) is 0 Å². The Kier molecular flexibility index (Phi) is 2.13. The average Bonchev–Trinajstić information content (AvgIpc) is 2.10. The summed E-state index contributed by atoms with van der Waals surface area (Å²) in [6.45, 7) is 0. The van der Waals surface area contributed by atoms with Crippen LogP contribution >= 0.6 is 23.2 Å². The summed E-state index contributed by atoms with van der Waals surface area (Å²) in [7, 11) is 0. The first kappa shape index (κ1) is 9.37. The van der Waals surface area contributed by atoms with Gasteiger partial charge in [-0.1, -0.05) is 23.2 Å². The summed E-state index contributed by atoms with van der Waals surface area (Å²) in [5.74, 6) is 0. The Balaban J connectivity index is 2.95. The molecule has 0 fully saturated rings. The highest BCUT2D eigenvalue weighted by molar-refractivity contribution is 6.39. The minimum Gasteiger partial charge on any atom is -0.396 e. The minimum absolute atomic E-state index is 0.418. The molecule has 5 heteroatoms. The number of fused-ring (bicyclic) bond motifs is 1. The van der Waals surface area contributed by atoms with Gasteiger partial charge in [-0.25, -0.2) is 0 Å². The van der Waals surface area contributed by atoms with Gasteiger partial charge in [0.05, 0.1) is 28.1 Å². The average molecular weight is 228 g/mol. The highest BCUT2D eigenvalue weighted by Crippen LogP contribution is 2.33. The van der Waals surface area contributed by atoms with Crippen molar-refractivity contribution in [3.05, 3.63) is 28.4 Å². The number of hydrogen-bond acceptors (Lipinski definition) is 3. The summed E-state index contributed by atoms with van der Waals surface area (Å²) in [5, 5.41) is 1.64. The molecule has 1 heterocycles. The zero-order valence-electron chi connectivity index (χ0n) is 7.09. The molecule has 0 spiro atoms. The van der Waals surface area contributed by atoms with Crippen molar-refractivity contribution in [3.8, 4) is 0 Å². The fourth-order valence-corrected chi connectivity index (χ4v) is 1.87. The molecule has 14 heavy (non-hydrogen) atoms. The predicted octanol–water partition coefficient (Wildman–Crippen LogP) is 2.71. The molecule has 0 amide bonds. The monoisotopic (exact) mass is 227 g/mol. The molecule has 2 aromatic rings. The molecule has 0 saturated heterocycles. The molecule has 0 aliphatic rings.